The SMILES string of the molecule is COc1cc[n+](O)c(C(=O)N[C@@H](C)C(=O)O[C@@H](C)[C@@H](c2ccc(F)cc2)c2ccc(F)cc2C)c1O. The van der Waals surface area contributed by atoms with Gasteiger partial charge >= 0.3 is 17.6 Å². The predicted octanol–water partition coefficient (Wildman–Crippen LogP) is 3.39. The molecule has 0 aliphatic carbocycles. The van der Waals surface area contributed by atoms with Gasteiger partial charge in [-0.1, -0.05) is 18.2 Å². The second kappa shape index (κ2) is 11.0. The Bertz CT molecular complexity index is 1270. The van der Waals surface area contributed by atoms with Crippen LogP contribution >= 0.6 is 0 Å². The molecule has 0 spiro atoms. The number of hydrogen-bond donors (Lipinski definition) is 3. The Morgan fingerprint density at radius 3 is 2.28 bits per heavy atom. The largest absolute Gasteiger partial charge is 0.499 e. The molecule has 1 heterocycles. The van der Waals surface area contributed by atoms with Gasteiger partial charge in [0.25, 0.3) is 0 Å². The minimum atomic E-state index is -1.17. The molecule has 36 heavy (non-hydrogen) atoms. The van der Waals surface area contributed by atoms with Crippen LogP contribution in [0.2, 0.25) is 0 Å². The molecule has 0 bridgehead atoms. The van der Waals surface area contributed by atoms with Crippen molar-refractivity contribution in [1.82, 2.24) is 5.32 Å². The Labute approximate surface area is 206 Å². The number of carbonyl (C=O) groups is 2. The summed E-state index contributed by atoms with van der Waals surface area (Å²) >= 11 is 0. The van der Waals surface area contributed by atoms with Crippen LogP contribution in [-0.4, -0.2) is 41.4 Å². The van der Waals surface area contributed by atoms with Gasteiger partial charge in [-0.2, -0.15) is 0 Å². The van der Waals surface area contributed by atoms with Crippen molar-refractivity contribution < 1.29 is 42.9 Å². The van der Waals surface area contributed by atoms with Crippen molar-refractivity contribution in [2.75, 3.05) is 7.11 Å². The number of aryl methyl sites for hydroxylation is 1. The van der Waals surface area contributed by atoms with Crippen LogP contribution in [0.15, 0.2) is 54.7 Å². The fraction of sp³-hybridized carbons (Fsp3) is 0.269. The zero-order chi connectivity index (χ0) is 26.6. The van der Waals surface area contributed by atoms with Crippen LogP contribution in [0.3, 0.4) is 0 Å². The van der Waals surface area contributed by atoms with Crippen molar-refractivity contribution in [1.29, 1.82) is 0 Å². The Hall–Kier alpha value is -4.21. The first-order chi connectivity index (χ1) is 17.0. The quantitative estimate of drug-likeness (QED) is 0.248. The highest BCUT2D eigenvalue weighted by Crippen LogP contribution is 2.33. The lowest BCUT2D eigenvalue weighted by Gasteiger charge is -2.27. The Morgan fingerprint density at radius 1 is 1.03 bits per heavy atom. The summed E-state index contributed by atoms with van der Waals surface area (Å²) in [5.41, 5.74) is 1.41. The normalized spacial score (nSPS) is 13.4. The Kier molecular flexibility index (Phi) is 8.08. The van der Waals surface area contributed by atoms with E-state index in [1.807, 2.05) is 0 Å². The lowest BCUT2D eigenvalue weighted by atomic mass is 9.84. The minimum Gasteiger partial charge on any atom is -0.499 e. The van der Waals surface area contributed by atoms with Crippen molar-refractivity contribution in [3.05, 3.63) is 88.7 Å². The molecular weight excluding hydrogens is 474 g/mol. The molecule has 0 aliphatic heterocycles. The van der Waals surface area contributed by atoms with E-state index in [1.165, 1.54) is 44.4 Å². The monoisotopic (exact) mass is 501 g/mol. The topological polar surface area (TPSA) is 109 Å². The van der Waals surface area contributed by atoms with Crippen molar-refractivity contribution >= 4 is 11.9 Å². The molecule has 1 amide bonds. The maximum Gasteiger partial charge on any atom is 0.366 e. The van der Waals surface area contributed by atoms with Gasteiger partial charge in [0.05, 0.1) is 13.2 Å². The third-order valence-electron chi connectivity index (χ3n) is 5.76. The first kappa shape index (κ1) is 26.4. The number of ether oxygens (including phenoxy) is 2. The molecule has 0 saturated carbocycles. The summed E-state index contributed by atoms with van der Waals surface area (Å²) in [6.45, 7) is 4.73. The molecule has 3 rings (SSSR count). The van der Waals surface area contributed by atoms with Gasteiger partial charge in [0.2, 0.25) is 11.9 Å². The molecule has 0 fully saturated rings. The van der Waals surface area contributed by atoms with E-state index in [0.717, 1.165) is 6.20 Å². The molecule has 0 saturated heterocycles. The van der Waals surface area contributed by atoms with Crippen molar-refractivity contribution in [2.24, 2.45) is 0 Å². The van der Waals surface area contributed by atoms with Crippen LogP contribution in [0.4, 0.5) is 8.78 Å². The molecule has 3 N–H and O–H groups in total. The standard InChI is InChI=1S/C26H26F2N2O6/c1-14-13-19(28)9-10-20(14)22(17-5-7-18(27)8-6-17)16(3)36-26(33)15(2)29-25(32)23-24(31)21(35-4)11-12-30(23)34/h5-13,15-16,22H,1-4H3,(H2-,29,31,32,34)/p+1/t15-,16-,22-/m0/s1. The summed E-state index contributed by atoms with van der Waals surface area (Å²) in [7, 11) is 1.28. The molecule has 1 aromatic heterocycles. The molecule has 0 aliphatic rings. The fourth-order valence-corrected chi connectivity index (χ4v) is 3.93. The number of methoxy groups -OCH3 is 1. The van der Waals surface area contributed by atoms with Gasteiger partial charge in [-0.15, -0.1) is 0 Å². The number of rotatable bonds is 8. The van der Waals surface area contributed by atoms with Crippen molar-refractivity contribution in [2.45, 2.75) is 38.8 Å². The average Bonchev–Trinajstić information content (AvgIpc) is 2.82. The number of nitrogens with zero attached hydrogens (tertiary/aromatic N) is 1. The van der Waals surface area contributed by atoms with E-state index in [0.29, 0.717) is 21.4 Å². The number of esters is 1. The molecular formula is C26H27F2N2O6+. The summed E-state index contributed by atoms with van der Waals surface area (Å²) in [6, 6.07) is 9.99. The van der Waals surface area contributed by atoms with Crippen LogP contribution in [0.5, 0.6) is 11.5 Å². The van der Waals surface area contributed by atoms with Gasteiger partial charge in [0.1, 0.15) is 23.8 Å². The predicted molar refractivity (Wildman–Crippen MR) is 124 cm³/mol. The van der Waals surface area contributed by atoms with Gasteiger partial charge in [-0.25, -0.2) is 13.6 Å². The fourth-order valence-electron chi connectivity index (χ4n) is 3.93. The number of amides is 1. The number of aromatic nitrogens is 1. The summed E-state index contributed by atoms with van der Waals surface area (Å²) in [6.07, 6.45) is 0.302. The third kappa shape index (κ3) is 5.70. The summed E-state index contributed by atoms with van der Waals surface area (Å²) in [5, 5.41) is 22.5. The molecule has 0 radical (unpaired) electrons. The second-order valence-corrected chi connectivity index (χ2v) is 8.29. The van der Waals surface area contributed by atoms with Crippen LogP contribution in [0.1, 0.15) is 46.9 Å². The average molecular weight is 502 g/mol. The highest BCUT2D eigenvalue weighted by atomic mass is 19.1. The first-order valence-corrected chi connectivity index (χ1v) is 11.1. The van der Waals surface area contributed by atoms with Gasteiger partial charge in [-0.3, -0.25) is 10.0 Å². The number of pyridine rings is 1. The van der Waals surface area contributed by atoms with Crippen molar-refractivity contribution in [3.63, 3.8) is 0 Å². The molecule has 10 heteroatoms. The number of benzene rings is 2. The number of carbonyl (C=O) groups excluding carboxylic acids is 2. The first-order valence-electron chi connectivity index (χ1n) is 11.1. The van der Waals surface area contributed by atoms with Gasteiger partial charge < -0.3 is 19.9 Å². The zero-order valence-corrected chi connectivity index (χ0v) is 20.2. The number of halogens is 2. The van der Waals surface area contributed by atoms with Crippen LogP contribution < -0.4 is 14.8 Å². The van der Waals surface area contributed by atoms with Crippen molar-refractivity contribution in [3.8, 4) is 11.5 Å². The summed E-state index contributed by atoms with van der Waals surface area (Å²) in [5.74, 6) is -3.82. The number of nitrogens with one attached hydrogen (secondary N) is 1. The van der Waals surface area contributed by atoms with E-state index in [4.69, 9.17) is 9.47 Å². The van der Waals surface area contributed by atoms with Crippen LogP contribution in [0, 0.1) is 18.6 Å². The van der Waals surface area contributed by atoms with E-state index < -0.39 is 53.0 Å². The molecule has 3 atom stereocenters. The summed E-state index contributed by atoms with van der Waals surface area (Å²) < 4.78 is 38.3. The van der Waals surface area contributed by atoms with Crippen LogP contribution in [0.25, 0.3) is 0 Å². The second-order valence-electron chi connectivity index (χ2n) is 8.29. The van der Waals surface area contributed by atoms with E-state index in [1.54, 1.807) is 32.0 Å². The molecule has 190 valence electrons. The smallest absolute Gasteiger partial charge is 0.366 e. The van der Waals surface area contributed by atoms with Gasteiger partial charge in [0.15, 0.2) is 5.75 Å². The third-order valence-corrected chi connectivity index (χ3v) is 5.76. The minimum absolute atomic E-state index is 0.0499. The van der Waals surface area contributed by atoms with Crippen LogP contribution in [-0.2, 0) is 9.53 Å². The number of hydrogen-bond acceptors (Lipinski definition) is 6. The maximum atomic E-state index is 13.7. The molecule has 3 aromatic rings. The molecule has 0 unspecified atom stereocenters. The Morgan fingerprint density at radius 2 is 1.67 bits per heavy atom. The van der Waals surface area contributed by atoms with E-state index in [9.17, 15) is 28.7 Å². The van der Waals surface area contributed by atoms with Gasteiger partial charge in [0, 0.05) is 10.6 Å². The van der Waals surface area contributed by atoms with E-state index in [-0.39, 0.29) is 5.75 Å². The highest BCUT2D eigenvalue weighted by Gasteiger charge is 2.33. The van der Waals surface area contributed by atoms with Gasteiger partial charge in [-0.05, 0) is 61.7 Å². The molecule has 2 aromatic carbocycles. The highest BCUT2D eigenvalue weighted by molar-refractivity contribution is 5.96. The van der Waals surface area contributed by atoms with E-state index in [2.05, 4.69) is 5.32 Å². The van der Waals surface area contributed by atoms with E-state index >= 15 is 0 Å². The lowest BCUT2D eigenvalue weighted by molar-refractivity contribution is -0.906. The zero-order valence-electron chi connectivity index (χ0n) is 20.2. The Balaban J connectivity index is 1.82. The summed E-state index contributed by atoms with van der Waals surface area (Å²) in [4.78, 5) is 25.5. The maximum absolute atomic E-state index is 13.7. The molecule has 8 nitrogen and oxygen atoms in total. The lowest BCUT2D eigenvalue weighted by Crippen LogP contribution is -2.47. The number of aromatic hydroxyl groups is 1.